The van der Waals surface area contributed by atoms with Crippen LogP contribution in [0.15, 0.2) is 53.5 Å². The van der Waals surface area contributed by atoms with Crippen molar-refractivity contribution in [3.8, 4) is 5.69 Å². The Hall–Kier alpha value is -3.70. The highest BCUT2D eigenvalue weighted by Gasteiger charge is 2.37. The molecule has 0 aliphatic carbocycles. The average Bonchev–Trinajstić information content (AvgIpc) is 3.56. The maximum atomic E-state index is 13.7. The number of piperazine rings is 1. The van der Waals surface area contributed by atoms with Gasteiger partial charge in [0, 0.05) is 80.0 Å². The second-order valence-corrected chi connectivity index (χ2v) is 9.97. The molecule has 37 heavy (non-hydrogen) atoms. The van der Waals surface area contributed by atoms with Gasteiger partial charge in [-0.2, -0.15) is 0 Å². The Labute approximate surface area is 214 Å². The number of likely N-dealkylation sites (tertiary alicyclic amines) is 1. The number of aromatic nitrogens is 2. The van der Waals surface area contributed by atoms with Crippen LogP contribution in [0.3, 0.4) is 0 Å². The number of nitrogens with zero attached hydrogens (tertiary/aromatic N) is 5. The fourth-order valence-electron chi connectivity index (χ4n) is 4.99. The summed E-state index contributed by atoms with van der Waals surface area (Å²) in [6, 6.07) is 9.04. The van der Waals surface area contributed by atoms with E-state index in [0.717, 1.165) is 30.6 Å². The lowest BCUT2D eigenvalue weighted by Gasteiger charge is -2.48. The number of hydrogen-bond acceptors (Lipinski definition) is 5. The summed E-state index contributed by atoms with van der Waals surface area (Å²) in [4.78, 5) is 35.6. The van der Waals surface area contributed by atoms with Gasteiger partial charge < -0.3 is 14.4 Å². The molecule has 2 amide bonds. The minimum atomic E-state index is -1.51. The van der Waals surface area contributed by atoms with E-state index in [9.17, 15) is 22.8 Å². The molecule has 2 fully saturated rings. The predicted octanol–water partition coefficient (Wildman–Crippen LogP) is 3.79. The van der Waals surface area contributed by atoms with E-state index < -0.39 is 17.5 Å². The Balaban J connectivity index is 1.08. The lowest BCUT2D eigenvalue weighted by molar-refractivity contribution is 0.00844. The van der Waals surface area contributed by atoms with Gasteiger partial charge in [-0.3, -0.25) is 14.5 Å². The number of halogens is 3. The van der Waals surface area contributed by atoms with Gasteiger partial charge in [0.25, 0.3) is 11.8 Å². The Kier molecular flexibility index (Phi) is 5.96. The maximum Gasteiger partial charge on any atom is 0.273 e. The van der Waals surface area contributed by atoms with Gasteiger partial charge in [0.1, 0.15) is 5.69 Å². The first-order chi connectivity index (χ1) is 17.9. The van der Waals surface area contributed by atoms with E-state index in [0.29, 0.717) is 43.0 Å². The Morgan fingerprint density at radius 3 is 2.30 bits per heavy atom. The Morgan fingerprint density at radius 1 is 0.892 bits per heavy atom. The fourth-order valence-corrected chi connectivity index (χ4v) is 5.51. The lowest BCUT2D eigenvalue weighted by atomic mass is 10.0. The Bertz CT molecular complexity index is 1470. The number of carbonyl (C=O) groups excluding carboxylic acids is 2. The first kappa shape index (κ1) is 23.7. The highest BCUT2D eigenvalue weighted by atomic mass is 32.1. The van der Waals surface area contributed by atoms with Crippen LogP contribution in [0.1, 0.15) is 20.8 Å². The highest BCUT2D eigenvalue weighted by molar-refractivity contribution is 7.07. The molecule has 0 spiro atoms. The van der Waals surface area contributed by atoms with Crippen molar-refractivity contribution < 1.29 is 22.8 Å². The zero-order valence-corrected chi connectivity index (χ0v) is 20.4. The molecule has 0 radical (unpaired) electrons. The monoisotopic (exact) mass is 525 g/mol. The number of hydrogen-bond donors (Lipinski definition) is 0. The van der Waals surface area contributed by atoms with Crippen LogP contribution in [0.5, 0.6) is 0 Å². The van der Waals surface area contributed by atoms with Crippen molar-refractivity contribution in [3.05, 3.63) is 82.2 Å². The first-order valence-electron chi connectivity index (χ1n) is 11.9. The molecule has 0 atom stereocenters. The lowest BCUT2D eigenvalue weighted by Crippen LogP contribution is -2.64. The van der Waals surface area contributed by atoms with Crippen molar-refractivity contribution in [2.75, 3.05) is 39.3 Å². The van der Waals surface area contributed by atoms with Crippen molar-refractivity contribution in [1.29, 1.82) is 0 Å². The van der Waals surface area contributed by atoms with E-state index in [1.807, 2.05) is 4.90 Å². The molecule has 4 aromatic rings. The summed E-state index contributed by atoms with van der Waals surface area (Å²) in [5.41, 5.74) is 3.48. The van der Waals surface area contributed by atoms with E-state index >= 15 is 0 Å². The number of rotatable bonds is 4. The van der Waals surface area contributed by atoms with Gasteiger partial charge in [-0.15, -0.1) is 11.3 Å². The molecule has 11 heteroatoms. The van der Waals surface area contributed by atoms with Gasteiger partial charge in [0.15, 0.2) is 17.5 Å². The summed E-state index contributed by atoms with van der Waals surface area (Å²) in [5, 5.41) is 2.49. The SMILES string of the molecule is O=C(c1ccc2c(ccn2-c2cc(F)c(F)c(F)c2)c1)N1CC(N2CCN(C(=O)c3cscn3)CC2)C1. The van der Waals surface area contributed by atoms with Crippen molar-refractivity contribution in [3.63, 3.8) is 0 Å². The molecule has 0 bridgehead atoms. The third-order valence-electron chi connectivity index (χ3n) is 7.10. The highest BCUT2D eigenvalue weighted by Crippen LogP contribution is 2.26. The van der Waals surface area contributed by atoms with Crippen molar-refractivity contribution in [2.45, 2.75) is 6.04 Å². The van der Waals surface area contributed by atoms with E-state index in [-0.39, 0.29) is 23.5 Å². The Morgan fingerprint density at radius 2 is 1.62 bits per heavy atom. The van der Waals surface area contributed by atoms with Gasteiger partial charge in [-0.05, 0) is 24.3 Å². The summed E-state index contributed by atoms with van der Waals surface area (Å²) < 4.78 is 42.3. The van der Waals surface area contributed by atoms with Gasteiger partial charge in [0.2, 0.25) is 0 Å². The minimum Gasteiger partial charge on any atom is -0.335 e. The van der Waals surface area contributed by atoms with E-state index in [4.69, 9.17) is 0 Å². The van der Waals surface area contributed by atoms with Gasteiger partial charge >= 0.3 is 0 Å². The summed E-state index contributed by atoms with van der Waals surface area (Å²) in [7, 11) is 0. The van der Waals surface area contributed by atoms with Crippen molar-refractivity contribution in [1.82, 2.24) is 24.3 Å². The summed E-state index contributed by atoms with van der Waals surface area (Å²) in [6.45, 7) is 4.02. The summed E-state index contributed by atoms with van der Waals surface area (Å²) in [5.74, 6) is -4.15. The third kappa shape index (κ3) is 4.27. The van der Waals surface area contributed by atoms with Crippen LogP contribution in [-0.2, 0) is 0 Å². The molecule has 2 aliphatic rings. The van der Waals surface area contributed by atoms with Crippen LogP contribution in [0, 0.1) is 17.5 Å². The van der Waals surface area contributed by atoms with Crippen LogP contribution in [-0.4, -0.2) is 81.4 Å². The molecule has 2 aromatic heterocycles. The zero-order valence-electron chi connectivity index (χ0n) is 19.6. The fraction of sp³-hybridized carbons (Fsp3) is 0.269. The van der Waals surface area contributed by atoms with E-state index in [1.165, 1.54) is 11.3 Å². The third-order valence-corrected chi connectivity index (χ3v) is 7.69. The van der Waals surface area contributed by atoms with Crippen LogP contribution in [0.25, 0.3) is 16.6 Å². The van der Waals surface area contributed by atoms with Crippen molar-refractivity contribution in [2.24, 2.45) is 0 Å². The predicted molar refractivity (Wildman–Crippen MR) is 132 cm³/mol. The normalized spacial score (nSPS) is 16.8. The van der Waals surface area contributed by atoms with Gasteiger partial charge in [-0.25, -0.2) is 18.2 Å². The van der Waals surface area contributed by atoms with Gasteiger partial charge in [0.05, 0.1) is 16.7 Å². The average molecular weight is 526 g/mol. The van der Waals surface area contributed by atoms with Crippen LogP contribution >= 0.6 is 11.3 Å². The molecule has 0 unspecified atom stereocenters. The molecule has 2 aliphatic heterocycles. The molecular formula is C26H22F3N5O2S. The summed E-state index contributed by atoms with van der Waals surface area (Å²) >= 11 is 1.41. The van der Waals surface area contributed by atoms with Gasteiger partial charge in [-0.1, -0.05) is 0 Å². The van der Waals surface area contributed by atoms with Crippen LogP contribution < -0.4 is 0 Å². The second kappa shape index (κ2) is 9.31. The number of fused-ring (bicyclic) bond motifs is 1. The molecular weight excluding hydrogens is 503 g/mol. The topological polar surface area (TPSA) is 61.7 Å². The molecule has 4 heterocycles. The number of carbonyl (C=O) groups is 2. The molecule has 6 rings (SSSR count). The largest absolute Gasteiger partial charge is 0.335 e. The minimum absolute atomic E-state index is 0.0368. The quantitative estimate of drug-likeness (QED) is 0.381. The molecule has 7 nitrogen and oxygen atoms in total. The number of thiazole rings is 1. The summed E-state index contributed by atoms with van der Waals surface area (Å²) in [6.07, 6.45) is 1.63. The number of amides is 2. The maximum absolute atomic E-state index is 13.7. The molecule has 0 N–H and O–H groups in total. The molecule has 2 saturated heterocycles. The zero-order chi connectivity index (χ0) is 25.7. The first-order valence-corrected chi connectivity index (χ1v) is 12.8. The van der Waals surface area contributed by atoms with E-state index in [1.54, 1.807) is 50.8 Å². The number of benzene rings is 2. The van der Waals surface area contributed by atoms with Crippen molar-refractivity contribution >= 4 is 34.1 Å². The van der Waals surface area contributed by atoms with Crippen LogP contribution in [0.2, 0.25) is 0 Å². The second-order valence-electron chi connectivity index (χ2n) is 9.25. The standard InChI is InChI=1S/C26H22F3N5O2S/c27-20-10-18(11-21(28)24(20)29)34-4-3-16-9-17(1-2-23(16)34)25(35)33-12-19(13-33)31-5-7-32(8-6-31)26(36)22-14-37-15-30-22/h1-4,9-11,14-15,19H,5-8,12-13H2. The van der Waals surface area contributed by atoms with E-state index in [2.05, 4.69) is 9.88 Å². The van der Waals surface area contributed by atoms with Crippen LogP contribution in [0.4, 0.5) is 13.2 Å². The smallest absolute Gasteiger partial charge is 0.273 e. The molecule has 2 aromatic carbocycles. The molecule has 190 valence electrons. The molecule has 0 saturated carbocycles.